The first-order valence-corrected chi connectivity index (χ1v) is 19.6. The van der Waals surface area contributed by atoms with Gasteiger partial charge in [0.2, 0.25) is 6.71 Å². The largest absolute Gasteiger partial charge is 0.458 e. The normalized spacial score (nSPS) is 13.1. The topological polar surface area (TPSA) is 14.2 Å². The first kappa shape index (κ1) is 30.3. The summed E-state index contributed by atoms with van der Waals surface area (Å²) >= 11 is 0. The lowest BCUT2D eigenvalue weighted by atomic mass is 9.33. The van der Waals surface area contributed by atoms with Gasteiger partial charge in [-0.25, -0.2) is 0 Å². The SMILES string of the molecule is c1ccc2c(c1)Oc1cc3c(cc1B2c1ccc2cc4ccccc4cc2c1)-n1c2ccccc2c2cccc(c21)B3c1ccc2cc3ccccc3cc2c1. The highest BCUT2D eigenvalue weighted by Gasteiger charge is 2.39. The summed E-state index contributed by atoms with van der Waals surface area (Å²) in [7, 11) is 0. The van der Waals surface area contributed by atoms with Crippen LogP contribution in [0.1, 0.15) is 0 Å². The molecule has 0 unspecified atom stereocenters. The standard InChI is InChI=1S/C52H31B2NO/c1-3-12-34-26-38-28-40(22-20-36(38)24-32(34)10-1)53-44-16-6-8-19-50(44)56-51-31-46-49(30-47(51)53)55-48-18-7-5-14-42(48)43-15-9-17-45(52(43)55)54(46)41-23-21-37-25-33-11-2-4-13-35(33)27-39(37)29-41/h1-31H. The van der Waals surface area contributed by atoms with E-state index in [1.165, 1.54) is 103 Å². The molecule has 10 aromatic carbocycles. The van der Waals surface area contributed by atoms with Crippen LogP contribution in [0.5, 0.6) is 11.5 Å². The molecule has 0 N–H and O–H groups in total. The van der Waals surface area contributed by atoms with Crippen molar-refractivity contribution < 1.29 is 4.74 Å². The number of rotatable bonds is 2. The molecule has 3 heterocycles. The monoisotopic (exact) mass is 707 g/mol. The summed E-state index contributed by atoms with van der Waals surface area (Å²) in [6.45, 7) is 0.0119. The van der Waals surface area contributed by atoms with Gasteiger partial charge in [0.05, 0.1) is 5.52 Å². The molecule has 0 fully saturated rings. The molecule has 11 aromatic rings. The fourth-order valence-corrected chi connectivity index (χ4v) is 10.1. The van der Waals surface area contributed by atoms with Gasteiger partial charge in [-0.05, 0) is 113 Å². The van der Waals surface area contributed by atoms with Crippen LogP contribution in [0.2, 0.25) is 0 Å². The molecule has 2 aliphatic rings. The third-order valence-electron chi connectivity index (χ3n) is 12.6. The number of ether oxygens (including phenoxy) is 1. The zero-order chi connectivity index (χ0) is 36.5. The molecule has 0 amide bonds. The Morgan fingerprint density at radius 2 is 0.875 bits per heavy atom. The van der Waals surface area contributed by atoms with Crippen molar-refractivity contribution in [1.29, 1.82) is 0 Å². The third-order valence-corrected chi connectivity index (χ3v) is 12.6. The van der Waals surface area contributed by atoms with Crippen molar-refractivity contribution in [3.8, 4) is 17.2 Å². The Morgan fingerprint density at radius 3 is 1.57 bits per heavy atom. The molecule has 4 heteroatoms. The van der Waals surface area contributed by atoms with Gasteiger partial charge < -0.3 is 9.30 Å². The molecule has 0 atom stereocenters. The summed E-state index contributed by atoms with van der Waals surface area (Å²) in [4.78, 5) is 0. The van der Waals surface area contributed by atoms with Crippen LogP contribution < -0.4 is 37.5 Å². The van der Waals surface area contributed by atoms with E-state index in [9.17, 15) is 0 Å². The minimum absolute atomic E-state index is 0.00184. The van der Waals surface area contributed by atoms with E-state index in [-0.39, 0.29) is 13.4 Å². The molecule has 0 saturated heterocycles. The molecule has 13 rings (SSSR count). The van der Waals surface area contributed by atoms with E-state index >= 15 is 0 Å². The van der Waals surface area contributed by atoms with E-state index in [1.54, 1.807) is 0 Å². The van der Waals surface area contributed by atoms with Crippen molar-refractivity contribution in [3.05, 3.63) is 188 Å². The number of fused-ring (bicyclic) bond motifs is 11. The Labute approximate surface area is 324 Å². The van der Waals surface area contributed by atoms with Gasteiger partial charge in [-0.3, -0.25) is 0 Å². The van der Waals surface area contributed by atoms with Crippen LogP contribution in [0, 0.1) is 0 Å². The maximum absolute atomic E-state index is 6.96. The van der Waals surface area contributed by atoms with E-state index in [2.05, 4.69) is 193 Å². The summed E-state index contributed by atoms with van der Waals surface area (Å²) in [6, 6.07) is 69.9. The van der Waals surface area contributed by atoms with E-state index in [4.69, 9.17) is 4.74 Å². The van der Waals surface area contributed by atoms with Crippen LogP contribution in [-0.4, -0.2) is 18.0 Å². The summed E-state index contributed by atoms with van der Waals surface area (Å²) < 4.78 is 9.50. The Hall–Kier alpha value is -7.03. The number of nitrogens with zero attached hydrogens (tertiary/aromatic N) is 1. The van der Waals surface area contributed by atoms with Gasteiger partial charge in [0, 0.05) is 22.0 Å². The smallest absolute Gasteiger partial charge is 0.251 e. The average molecular weight is 707 g/mol. The van der Waals surface area contributed by atoms with Crippen molar-refractivity contribution in [2.75, 3.05) is 0 Å². The van der Waals surface area contributed by atoms with Crippen LogP contribution in [0.15, 0.2) is 188 Å². The second-order valence-electron chi connectivity index (χ2n) is 15.7. The van der Waals surface area contributed by atoms with Crippen LogP contribution in [-0.2, 0) is 0 Å². The second-order valence-corrected chi connectivity index (χ2v) is 15.7. The van der Waals surface area contributed by atoms with Crippen molar-refractivity contribution in [2.24, 2.45) is 0 Å². The number of para-hydroxylation sites is 3. The Bertz CT molecular complexity index is 3490. The predicted octanol–water partition coefficient (Wildman–Crippen LogP) is 8.85. The Balaban J connectivity index is 1.09. The van der Waals surface area contributed by atoms with Gasteiger partial charge in [-0.1, -0.05) is 150 Å². The fourth-order valence-electron chi connectivity index (χ4n) is 10.1. The molecule has 56 heavy (non-hydrogen) atoms. The molecule has 0 aliphatic carbocycles. The number of hydrogen-bond acceptors (Lipinski definition) is 1. The third kappa shape index (κ3) is 4.24. The van der Waals surface area contributed by atoms with Crippen molar-refractivity contribution in [1.82, 2.24) is 4.57 Å². The zero-order valence-corrected chi connectivity index (χ0v) is 30.4. The molecular formula is C52H31B2NO. The molecule has 0 radical (unpaired) electrons. The molecule has 2 nitrogen and oxygen atoms in total. The van der Waals surface area contributed by atoms with Crippen molar-refractivity contribution in [2.45, 2.75) is 0 Å². The highest BCUT2D eigenvalue weighted by atomic mass is 16.5. The summed E-state index contributed by atoms with van der Waals surface area (Å²) in [5.74, 6) is 1.85. The van der Waals surface area contributed by atoms with E-state index in [0.717, 1.165) is 11.5 Å². The first-order chi connectivity index (χ1) is 27.7. The summed E-state index contributed by atoms with van der Waals surface area (Å²) in [6.07, 6.45) is 0. The molecule has 256 valence electrons. The van der Waals surface area contributed by atoms with Crippen molar-refractivity contribution in [3.63, 3.8) is 0 Å². The minimum atomic E-state index is -0.00184. The quantitative estimate of drug-likeness (QED) is 0.129. The number of benzene rings is 10. The van der Waals surface area contributed by atoms with Gasteiger partial charge in [0.25, 0.3) is 6.71 Å². The highest BCUT2D eigenvalue weighted by Crippen LogP contribution is 2.35. The van der Waals surface area contributed by atoms with Crippen LogP contribution >= 0.6 is 0 Å². The highest BCUT2D eigenvalue weighted by molar-refractivity contribution is 6.99. The van der Waals surface area contributed by atoms with Gasteiger partial charge in [0.15, 0.2) is 0 Å². The molecule has 0 bridgehead atoms. The van der Waals surface area contributed by atoms with E-state index in [1.807, 2.05) is 0 Å². The van der Waals surface area contributed by atoms with Crippen molar-refractivity contribution >= 4 is 111 Å². The molecule has 0 saturated carbocycles. The first-order valence-electron chi connectivity index (χ1n) is 19.6. The zero-order valence-electron chi connectivity index (χ0n) is 30.4. The van der Waals surface area contributed by atoms with Gasteiger partial charge in [-0.15, -0.1) is 0 Å². The Kier molecular flexibility index (Phi) is 6.09. The lowest BCUT2D eigenvalue weighted by Gasteiger charge is -2.32. The molecule has 0 spiro atoms. The van der Waals surface area contributed by atoms with Crippen LogP contribution in [0.3, 0.4) is 0 Å². The van der Waals surface area contributed by atoms with Crippen LogP contribution in [0.25, 0.3) is 70.6 Å². The number of aromatic nitrogens is 1. The minimum Gasteiger partial charge on any atom is -0.458 e. The lowest BCUT2D eigenvalue weighted by molar-refractivity contribution is 0.488. The Morgan fingerprint density at radius 1 is 0.339 bits per heavy atom. The summed E-state index contributed by atoms with van der Waals surface area (Å²) in [5.41, 5.74) is 11.2. The van der Waals surface area contributed by atoms with E-state index < -0.39 is 0 Å². The predicted molar refractivity (Wildman–Crippen MR) is 240 cm³/mol. The maximum atomic E-state index is 6.96. The second kappa shape index (κ2) is 11.3. The molecule has 1 aromatic heterocycles. The molecule has 2 aliphatic heterocycles. The van der Waals surface area contributed by atoms with Gasteiger partial charge >= 0.3 is 0 Å². The average Bonchev–Trinajstić information content (AvgIpc) is 3.59. The van der Waals surface area contributed by atoms with Gasteiger partial charge in [0.1, 0.15) is 11.5 Å². The number of hydrogen-bond donors (Lipinski definition) is 0. The van der Waals surface area contributed by atoms with E-state index in [0.29, 0.717) is 0 Å². The lowest BCUT2D eigenvalue weighted by Crippen LogP contribution is -2.59. The van der Waals surface area contributed by atoms with Gasteiger partial charge in [-0.2, -0.15) is 0 Å². The summed E-state index contributed by atoms with van der Waals surface area (Å²) in [5, 5.41) is 12.6. The molecular weight excluding hydrogens is 676 g/mol. The fraction of sp³-hybridized carbons (Fsp3) is 0. The van der Waals surface area contributed by atoms with Crippen LogP contribution in [0.4, 0.5) is 0 Å². The maximum Gasteiger partial charge on any atom is 0.251 e.